The SMILES string of the molecule is Cc1cccc(-n2c(SCc3ccc(Cl)cc3)nc3c(c2=O)C2(CCCC2)Cc2ccccc2-3)c1. The second-order valence-electron chi connectivity index (χ2n) is 9.83. The molecule has 6 rings (SSSR count). The molecular weight excluding hydrogens is 472 g/mol. The summed E-state index contributed by atoms with van der Waals surface area (Å²) in [5, 5.41) is 1.46. The Morgan fingerprint density at radius 2 is 1.77 bits per heavy atom. The van der Waals surface area contributed by atoms with E-state index in [9.17, 15) is 4.79 Å². The van der Waals surface area contributed by atoms with E-state index in [1.165, 1.54) is 18.4 Å². The molecule has 0 saturated heterocycles. The Morgan fingerprint density at radius 3 is 2.54 bits per heavy atom. The summed E-state index contributed by atoms with van der Waals surface area (Å²) in [4.78, 5) is 19.7. The molecule has 0 unspecified atom stereocenters. The molecule has 5 heteroatoms. The number of thioether (sulfide) groups is 1. The smallest absolute Gasteiger partial charge is 0.263 e. The first kappa shape index (κ1) is 22.6. The molecule has 0 N–H and O–H groups in total. The number of nitrogens with zero attached hydrogens (tertiary/aromatic N) is 2. The summed E-state index contributed by atoms with van der Waals surface area (Å²) >= 11 is 7.70. The van der Waals surface area contributed by atoms with Gasteiger partial charge in [-0.15, -0.1) is 0 Å². The highest BCUT2D eigenvalue weighted by Gasteiger charge is 2.44. The molecule has 176 valence electrons. The molecule has 2 aliphatic carbocycles. The lowest BCUT2D eigenvalue weighted by Crippen LogP contribution is -2.40. The number of aryl methyl sites for hydroxylation is 1. The Kier molecular flexibility index (Phi) is 5.82. The van der Waals surface area contributed by atoms with E-state index in [1.54, 1.807) is 11.8 Å². The zero-order valence-electron chi connectivity index (χ0n) is 19.8. The van der Waals surface area contributed by atoms with Crippen molar-refractivity contribution in [2.24, 2.45) is 0 Å². The van der Waals surface area contributed by atoms with Crippen LogP contribution in [0.1, 0.15) is 47.9 Å². The van der Waals surface area contributed by atoms with Gasteiger partial charge in [-0.05, 0) is 67.1 Å². The molecule has 0 radical (unpaired) electrons. The fraction of sp³-hybridized carbons (Fsp3) is 0.267. The molecule has 0 aliphatic heterocycles. The summed E-state index contributed by atoms with van der Waals surface area (Å²) in [5.74, 6) is 0.709. The van der Waals surface area contributed by atoms with Gasteiger partial charge in [-0.1, -0.05) is 84.7 Å². The average Bonchev–Trinajstić information content (AvgIpc) is 3.32. The predicted octanol–water partition coefficient (Wildman–Crippen LogP) is 7.52. The van der Waals surface area contributed by atoms with Gasteiger partial charge in [0.1, 0.15) is 0 Å². The Balaban J connectivity index is 1.57. The maximum atomic E-state index is 14.5. The van der Waals surface area contributed by atoms with Gasteiger partial charge in [0.05, 0.1) is 16.9 Å². The van der Waals surface area contributed by atoms with Crippen molar-refractivity contribution >= 4 is 23.4 Å². The minimum Gasteiger partial charge on any atom is -0.268 e. The maximum absolute atomic E-state index is 14.5. The summed E-state index contributed by atoms with van der Waals surface area (Å²) in [7, 11) is 0. The zero-order chi connectivity index (χ0) is 24.0. The van der Waals surface area contributed by atoms with Crippen LogP contribution in [0, 0.1) is 6.92 Å². The summed E-state index contributed by atoms with van der Waals surface area (Å²) in [5.41, 5.74) is 7.38. The van der Waals surface area contributed by atoms with Crippen molar-refractivity contribution in [2.45, 2.75) is 55.4 Å². The first-order valence-electron chi connectivity index (χ1n) is 12.2. The predicted molar refractivity (Wildman–Crippen MR) is 145 cm³/mol. The molecule has 3 nitrogen and oxygen atoms in total. The fourth-order valence-electron chi connectivity index (χ4n) is 5.83. The van der Waals surface area contributed by atoms with Crippen LogP contribution in [0.5, 0.6) is 0 Å². The van der Waals surface area contributed by atoms with Crippen molar-refractivity contribution in [1.82, 2.24) is 9.55 Å². The van der Waals surface area contributed by atoms with E-state index < -0.39 is 0 Å². The number of aromatic nitrogens is 2. The zero-order valence-corrected chi connectivity index (χ0v) is 21.3. The molecule has 3 aromatic carbocycles. The van der Waals surface area contributed by atoms with Crippen LogP contribution in [0.25, 0.3) is 16.9 Å². The van der Waals surface area contributed by atoms with Crippen LogP contribution >= 0.6 is 23.4 Å². The third kappa shape index (κ3) is 4.03. The summed E-state index contributed by atoms with van der Waals surface area (Å²) in [6.45, 7) is 2.07. The Labute approximate surface area is 215 Å². The molecule has 2 aliphatic rings. The summed E-state index contributed by atoms with van der Waals surface area (Å²) in [6, 6.07) is 24.6. The van der Waals surface area contributed by atoms with Crippen LogP contribution in [0.3, 0.4) is 0 Å². The van der Waals surface area contributed by atoms with Crippen molar-refractivity contribution in [3.8, 4) is 16.9 Å². The summed E-state index contributed by atoms with van der Waals surface area (Å²) < 4.78 is 1.86. The van der Waals surface area contributed by atoms with E-state index in [2.05, 4.69) is 43.3 Å². The molecule has 1 fully saturated rings. The van der Waals surface area contributed by atoms with E-state index in [0.717, 1.165) is 63.1 Å². The van der Waals surface area contributed by atoms with Crippen molar-refractivity contribution in [3.05, 3.63) is 110 Å². The van der Waals surface area contributed by atoms with Crippen LogP contribution in [-0.2, 0) is 17.6 Å². The molecule has 0 amide bonds. The third-order valence-corrected chi connectivity index (χ3v) is 8.75. The number of hydrogen-bond acceptors (Lipinski definition) is 3. The van der Waals surface area contributed by atoms with Gasteiger partial charge in [0.15, 0.2) is 5.16 Å². The molecule has 1 heterocycles. The lowest BCUT2D eigenvalue weighted by Gasteiger charge is -2.36. The molecule has 0 bridgehead atoms. The lowest BCUT2D eigenvalue weighted by molar-refractivity contribution is 0.422. The van der Waals surface area contributed by atoms with Gasteiger partial charge in [0, 0.05) is 21.8 Å². The average molecular weight is 499 g/mol. The van der Waals surface area contributed by atoms with E-state index in [4.69, 9.17) is 16.6 Å². The number of fused-ring (bicyclic) bond motifs is 4. The quantitative estimate of drug-likeness (QED) is 0.215. The van der Waals surface area contributed by atoms with Crippen LogP contribution in [-0.4, -0.2) is 9.55 Å². The summed E-state index contributed by atoms with van der Waals surface area (Å²) in [6.07, 6.45) is 5.36. The first-order chi connectivity index (χ1) is 17.0. The Morgan fingerprint density at radius 1 is 1.00 bits per heavy atom. The molecule has 4 aromatic rings. The highest BCUT2D eigenvalue weighted by atomic mass is 35.5. The monoisotopic (exact) mass is 498 g/mol. The lowest BCUT2D eigenvalue weighted by atomic mass is 9.68. The van der Waals surface area contributed by atoms with Crippen LogP contribution in [0.4, 0.5) is 0 Å². The van der Waals surface area contributed by atoms with Crippen LogP contribution < -0.4 is 5.56 Å². The van der Waals surface area contributed by atoms with E-state index >= 15 is 0 Å². The first-order valence-corrected chi connectivity index (χ1v) is 13.6. The maximum Gasteiger partial charge on any atom is 0.263 e. The highest BCUT2D eigenvalue weighted by Crippen LogP contribution is 2.50. The third-order valence-electron chi connectivity index (χ3n) is 7.49. The second-order valence-corrected chi connectivity index (χ2v) is 11.2. The van der Waals surface area contributed by atoms with Crippen LogP contribution in [0.15, 0.2) is 82.7 Å². The van der Waals surface area contributed by atoms with Gasteiger partial charge in [-0.3, -0.25) is 9.36 Å². The highest BCUT2D eigenvalue weighted by molar-refractivity contribution is 7.98. The van der Waals surface area contributed by atoms with Gasteiger partial charge >= 0.3 is 0 Å². The molecular formula is C30H27ClN2OS. The van der Waals surface area contributed by atoms with Gasteiger partial charge in [0.25, 0.3) is 5.56 Å². The van der Waals surface area contributed by atoms with Crippen molar-refractivity contribution in [3.63, 3.8) is 0 Å². The van der Waals surface area contributed by atoms with E-state index in [1.807, 2.05) is 41.0 Å². The normalized spacial score (nSPS) is 15.7. The molecule has 1 aromatic heterocycles. The molecule has 35 heavy (non-hydrogen) atoms. The number of benzene rings is 3. The second kappa shape index (κ2) is 9.00. The minimum absolute atomic E-state index is 0.0932. The van der Waals surface area contributed by atoms with Gasteiger partial charge in [-0.25, -0.2) is 4.98 Å². The van der Waals surface area contributed by atoms with E-state index in [0.29, 0.717) is 5.75 Å². The minimum atomic E-state index is -0.112. The topological polar surface area (TPSA) is 34.9 Å². The van der Waals surface area contributed by atoms with Gasteiger partial charge < -0.3 is 0 Å². The van der Waals surface area contributed by atoms with Crippen molar-refractivity contribution in [2.75, 3.05) is 0 Å². The van der Waals surface area contributed by atoms with Crippen LogP contribution in [0.2, 0.25) is 5.02 Å². The van der Waals surface area contributed by atoms with Crippen molar-refractivity contribution < 1.29 is 0 Å². The van der Waals surface area contributed by atoms with E-state index in [-0.39, 0.29) is 11.0 Å². The molecule has 1 saturated carbocycles. The molecule has 1 spiro atoms. The number of halogens is 1. The van der Waals surface area contributed by atoms with Gasteiger partial charge in [-0.2, -0.15) is 0 Å². The standard InChI is InChI=1S/C30H27ClN2OS/c1-20-7-6-9-24(17-20)33-28(34)26-27(32-29(33)35-19-21-11-13-23(31)14-12-21)25-10-3-2-8-22(25)18-30(26)15-4-5-16-30/h2-3,6-14,17H,4-5,15-16,18-19H2,1H3. The Bertz CT molecular complexity index is 1470. The molecule has 0 atom stereocenters. The van der Waals surface area contributed by atoms with Gasteiger partial charge in [0.2, 0.25) is 0 Å². The number of hydrogen-bond donors (Lipinski definition) is 0. The van der Waals surface area contributed by atoms with Crippen molar-refractivity contribution in [1.29, 1.82) is 0 Å². The largest absolute Gasteiger partial charge is 0.268 e. The Hall–Kier alpha value is -2.82. The number of rotatable bonds is 4. The fourth-order valence-corrected chi connectivity index (χ4v) is 6.92.